The van der Waals surface area contributed by atoms with Gasteiger partial charge in [0, 0.05) is 32.2 Å². The lowest BCUT2D eigenvalue weighted by atomic mass is 10.2. The number of nitrogens with two attached hydrogens (primary N) is 1. The minimum absolute atomic E-state index is 0. The molecule has 1 aliphatic heterocycles. The van der Waals surface area contributed by atoms with Crippen molar-refractivity contribution in [3.8, 4) is 0 Å². The number of hydrogen-bond acceptors (Lipinski definition) is 3. The van der Waals surface area contributed by atoms with Crippen molar-refractivity contribution < 1.29 is 4.79 Å². The van der Waals surface area contributed by atoms with Crippen LogP contribution in [0.1, 0.15) is 45.4 Å². The molecule has 6 heteroatoms. The molecule has 0 aromatic heterocycles. The normalized spacial score (nSPS) is 22.6. The molecule has 0 aromatic carbocycles. The summed E-state index contributed by atoms with van der Waals surface area (Å²) >= 11 is 0. The van der Waals surface area contributed by atoms with Gasteiger partial charge in [0.2, 0.25) is 5.91 Å². The van der Waals surface area contributed by atoms with Crippen LogP contribution < -0.4 is 5.73 Å². The molecule has 2 N–H and O–H groups in total. The van der Waals surface area contributed by atoms with Crippen LogP contribution in [0.25, 0.3) is 0 Å². The molecule has 1 aliphatic carbocycles. The Morgan fingerprint density at radius 2 is 1.75 bits per heavy atom. The summed E-state index contributed by atoms with van der Waals surface area (Å²) in [5.41, 5.74) is 5.85. The van der Waals surface area contributed by atoms with Crippen LogP contribution in [0, 0.1) is 0 Å². The van der Waals surface area contributed by atoms with Gasteiger partial charge >= 0.3 is 0 Å². The van der Waals surface area contributed by atoms with E-state index in [0.717, 1.165) is 45.1 Å². The summed E-state index contributed by atoms with van der Waals surface area (Å²) in [6.07, 6.45) is 7.29. The molecular weight excluding hydrogens is 297 g/mol. The third-order valence-corrected chi connectivity index (χ3v) is 4.44. The van der Waals surface area contributed by atoms with Crippen molar-refractivity contribution in [3.63, 3.8) is 0 Å². The van der Waals surface area contributed by atoms with E-state index in [0.29, 0.717) is 0 Å². The number of halogens is 2. The van der Waals surface area contributed by atoms with Gasteiger partial charge in [-0.1, -0.05) is 19.8 Å². The molecule has 0 aromatic rings. The predicted molar refractivity (Wildman–Crippen MR) is 87.8 cm³/mol. The van der Waals surface area contributed by atoms with Crippen LogP contribution in [-0.4, -0.2) is 54.0 Å². The molecule has 0 bridgehead atoms. The van der Waals surface area contributed by atoms with E-state index in [1.54, 1.807) is 0 Å². The van der Waals surface area contributed by atoms with Crippen LogP contribution in [0.15, 0.2) is 0 Å². The Morgan fingerprint density at radius 1 is 1.10 bits per heavy atom. The van der Waals surface area contributed by atoms with Gasteiger partial charge in [-0.2, -0.15) is 0 Å². The zero-order chi connectivity index (χ0) is 13.0. The van der Waals surface area contributed by atoms with Crippen LogP contribution in [0.3, 0.4) is 0 Å². The number of amides is 1. The molecule has 1 saturated carbocycles. The minimum atomic E-state index is -0.303. The van der Waals surface area contributed by atoms with Gasteiger partial charge in [-0.3, -0.25) is 9.69 Å². The zero-order valence-electron chi connectivity index (χ0n) is 12.4. The first-order valence-electron chi connectivity index (χ1n) is 7.50. The van der Waals surface area contributed by atoms with E-state index >= 15 is 0 Å². The van der Waals surface area contributed by atoms with E-state index in [1.807, 2.05) is 11.8 Å². The lowest BCUT2D eigenvalue weighted by Gasteiger charge is -2.27. The molecule has 0 spiro atoms. The molecule has 120 valence electrons. The summed E-state index contributed by atoms with van der Waals surface area (Å²) in [5, 5.41) is 0. The first-order chi connectivity index (χ1) is 8.72. The lowest BCUT2D eigenvalue weighted by molar-refractivity contribution is -0.132. The zero-order valence-corrected chi connectivity index (χ0v) is 14.1. The number of hydrogen-bond donors (Lipinski definition) is 1. The summed E-state index contributed by atoms with van der Waals surface area (Å²) in [4.78, 5) is 16.7. The highest BCUT2D eigenvalue weighted by Gasteiger charge is 2.27. The Labute approximate surface area is 135 Å². The van der Waals surface area contributed by atoms with Gasteiger partial charge < -0.3 is 10.6 Å². The third kappa shape index (κ3) is 5.06. The van der Waals surface area contributed by atoms with Gasteiger partial charge in [0.1, 0.15) is 0 Å². The molecular formula is C14H29Cl2N3O. The molecule has 2 aliphatic rings. The second kappa shape index (κ2) is 9.82. The highest BCUT2D eigenvalue weighted by molar-refractivity contribution is 5.85. The van der Waals surface area contributed by atoms with Crippen molar-refractivity contribution in [1.82, 2.24) is 9.80 Å². The average molecular weight is 326 g/mol. The maximum absolute atomic E-state index is 12.1. The molecule has 1 atom stereocenters. The monoisotopic (exact) mass is 325 g/mol. The second-order valence-electron chi connectivity index (χ2n) is 5.67. The number of nitrogens with zero attached hydrogens (tertiary/aromatic N) is 2. The van der Waals surface area contributed by atoms with E-state index in [2.05, 4.69) is 4.90 Å². The Bertz CT molecular complexity index is 286. The highest BCUT2D eigenvalue weighted by Crippen LogP contribution is 2.24. The lowest BCUT2D eigenvalue weighted by Crippen LogP contribution is -2.45. The van der Waals surface area contributed by atoms with Gasteiger partial charge in [0.25, 0.3) is 0 Å². The van der Waals surface area contributed by atoms with E-state index in [1.165, 1.54) is 25.7 Å². The van der Waals surface area contributed by atoms with Crippen molar-refractivity contribution in [1.29, 1.82) is 0 Å². The van der Waals surface area contributed by atoms with Crippen molar-refractivity contribution in [3.05, 3.63) is 0 Å². The Hall–Kier alpha value is -0.0300. The van der Waals surface area contributed by atoms with Gasteiger partial charge in [-0.25, -0.2) is 0 Å². The summed E-state index contributed by atoms with van der Waals surface area (Å²) in [5.74, 6) is 0.144. The molecule has 4 nitrogen and oxygen atoms in total. The minimum Gasteiger partial charge on any atom is -0.340 e. The van der Waals surface area contributed by atoms with Crippen LogP contribution in [0.2, 0.25) is 0 Å². The smallest absolute Gasteiger partial charge is 0.239 e. The van der Waals surface area contributed by atoms with E-state index < -0.39 is 0 Å². The fourth-order valence-electron chi connectivity index (χ4n) is 3.20. The van der Waals surface area contributed by atoms with Crippen LogP contribution in [0.5, 0.6) is 0 Å². The maximum Gasteiger partial charge on any atom is 0.239 e. The second-order valence-corrected chi connectivity index (χ2v) is 5.67. The molecule has 1 amide bonds. The van der Waals surface area contributed by atoms with Gasteiger partial charge in [0.05, 0.1) is 6.04 Å². The fraction of sp³-hybridized carbons (Fsp3) is 0.929. The summed E-state index contributed by atoms with van der Waals surface area (Å²) in [6, 6.07) is 0.475. The van der Waals surface area contributed by atoms with Gasteiger partial charge in [-0.05, 0) is 25.7 Å². The third-order valence-electron chi connectivity index (χ3n) is 4.44. The molecule has 0 unspecified atom stereocenters. The summed E-state index contributed by atoms with van der Waals surface area (Å²) < 4.78 is 0. The highest BCUT2D eigenvalue weighted by atomic mass is 35.5. The average Bonchev–Trinajstić information content (AvgIpc) is 2.82. The fourth-order valence-corrected chi connectivity index (χ4v) is 3.20. The Morgan fingerprint density at radius 3 is 2.35 bits per heavy atom. The number of rotatable bonds is 3. The van der Waals surface area contributed by atoms with Crippen LogP contribution in [0.4, 0.5) is 0 Å². The predicted octanol–water partition coefficient (Wildman–Crippen LogP) is 2.04. The van der Waals surface area contributed by atoms with Crippen molar-refractivity contribution in [2.45, 2.75) is 57.5 Å². The van der Waals surface area contributed by atoms with Crippen molar-refractivity contribution >= 4 is 30.7 Å². The van der Waals surface area contributed by atoms with Crippen molar-refractivity contribution in [2.75, 3.05) is 26.2 Å². The quantitative estimate of drug-likeness (QED) is 0.863. The molecule has 0 radical (unpaired) electrons. The van der Waals surface area contributed by atoms with E-state index in [4.69, 9.17) is 5.73 Å². The van der Waals surface area contributed by atoms with E-state index in [-0.39, 0.29) is 36.8 Å². The topological polar surface area (TPSA) is 49.6 Å². The van der Waals surface area contributed by atoms with Crippen molar-refractivity contribution in [2.24, 2.45) is 5.73 Å². The van der Waals surface area contributed by atoms with Gasteiger partial charge in [-0.15, -0.1) is 24.8 Å². The largest absolute Gasteiger partial charge is 0.340 e. The maximum atomic E-state index is 12.1. The Balaban J connectivity index is 0.00000180. The van der Waals surface area contributed by atoms with E-state index in [9.17, 15) is 4.79 Å². The summed E-state index contributed by atoms with van der Waals surface area (Å²) in [6.45, 7) is 5.91. The molecule has 1 heterocycles. The van der Waals surface area contributed by atoms with Crippen LogP contribution >= 0.6 is 24.8 Å². The standard InChI is InChI=1S/C14H27N3O.2ClH/c1-2-13(15)14(18)17-9-5-8-16(10-11-17)12-6-3-4-7-12;;/h12-13H,2-11,15H2,1H3;2*1H/t13-;;/m0../s1. The van der Waals surface area contributed by atoms with Gasteiger partial charge in [0.15, 0.2) is 0 Å². The molecule has 20 heavy (non-hydrogen) atoms. The number of carbonyl (C=O) groups is 1. The molecule has 2 fully saturated rings. The SMILES string of the molecule is CC[C@H](N)C(=O)N1CCCN(C2CCCC2)CC1.Cl.Cl. The summed E-state index contributed by atoms with van der Waals surface area (Å²) in [7, 11) is 0. The number of carbonyl (C=O) groups excluding carboxylic acids is 1. The molecule has 2 rings (SSSR count). The molecule has 1 saturated heterocycles. The van der Waals surface area contributed by atoms with Crippen LogP contribution in [-0.2, 0) is 4.79 Å². The Kier molecular flexibility index (Phi) is 9.81. The first kappa shape index (κ1) is 20.0. The first-order valence-corrected chi connectivity index (χ1v) is 7.50.